The van der Waals surface area contributed by atoms with Crippen LogP contribution >= 0.6 is 0 Å². The molecule has 0 radical (unpaired) electrons. The van der Waals surface area contributed by atoms with Crippen molar-refractivity contribution in [3.05, 3.63) is 23.8 Å². The molecule has 1 fully saturated rings. The zero-order valence-electron chi connectivity index (χ0n) is 13.9. The van der Waals surface area contributed by atoms with Crippen molar-refractivity contribution in [1.29, 1.82) is 0 Å². The van der Waals surface area contributed by atoms with Gasteiger partial charge in [0.1, 0.15) is 10.6 Å². The number of rotatable bonds is 4. The predicted octanol–water partition coefficient (Wildman–Crippen LogP) is 2.40. The minimum atomic E-state index is -3.58. The van der Waals surface area contributed by atoms with E-state index in [0.717, 1.165) is 12.0 Å². The van der Waals surface area contributed by atoms with Gasteiger partial charge in [-0.25, -0.2) is 8.42 Å². The van der Waals surface area contributed by atoms with Gasteiger partial charge in [0.25, 0.3) is 0 Å². The lowest BCUT2D eigenvalue weighted by Crippen LogP contribution is -2.30. The molecule has 6 heteroatoms. The first kappa shape index (κ1) is 17.2. The summed E-state index contributed by atoms with van der Waals surface area (Å²) in [7, 11) is -0.473. The third kappa shape index (κ3) is 3.29. The fraction of sp³-hybridized carbons (Fsp3) is 0.625. The quantitative estimate of drug-likeness (QED) is 0.852. The highest BCUT2D eigenvalue weighted by molar-refractivity contribution is 7.89. The summed E-state index contributed by atoms with van der Waals surface area (Å²) < 4.78 is 37.9. The third-order valence-electron chi connectivity index (χ3n) is 4.09. The molecule has 124 valence electrons. The van der Waals surface area contributed by atoms with Crippen LogP contribution in [-0.2, 0) is 20.2 Å². The van der Waals surface area contributed by atoms with Crippen molar-refractivity contribution in [1.82, 2.24) is 4.31 Å². The van der Waals surface area contributed by atoms with E-state index in [-0.39, 0.29) is 16.4 Å². The maximum atomic E-state index is 12.9. The summed E-state index contributed by atoms with van der Waals surface area (Å²) >= 11 is 0. The fourth-order valence-corrected chi connectivity index (χ4v) is 4.26. The third-order valence-corrected chi connectivity index (χ3v) is 5.97. The Bertz CT molecular complexity index is 634. The largest absolute Gasteiger partial charge is 0.495 e. The van der Waals surface area contributed by atoms with Crippen molar-refractivity contribution < 1.29 is 17.9 Å². The average molecular weight is 327 g/mol. The summed E-state index contributed by atoms with van der Waals surface area (Å²) in [6.45, 7) is 7.04. The van der Waals surface area contributed by atoms with Crippen LogP contribution in [0.5, 0.6) is 5.75 Å². The van der Waals surface area contributed by atoms with Gasteiger partial charge in [0.05, 0.1) is 13.2 Å². The van der Waals surface area contributed by atoms with Crippen molar-refractivity contribution in [2.45, 2.75) is 43.6 Å². The number of methoxy groups -OCH3 is 2. The van der Waals surface area contributed by atoms with Gasteiger partial charge in [0.15, 0.2) is 0 Å². The Kier molecular flexibility index (Phi) is 4.84. The highest BCUT2D eigenvalue weighted by Gasteiger charge is 2.35. The Morgan fingerprint density at radius 2 is 1.91 bits per heavy atom. The summed E-state index contributed by atoms with van der Waals surface area (Å²) in [4.78, 5) is 0.235. The minimum absolute atomic E-state index is 0.0356. The molecule has 0 aliphatic carbocycles. The number of sulfonamides is 1. The van der Waals surface area contributed by atoms with Gasteiger partial charge < -0.3 is 9.47 Å². The fourth-order valence-electron chi connectivity index (χ4n) is 2.59. The van der Waals surface area contributed by atoms with Crippen LogP contribution in [0.25, 0.3) is 0 Å². The van der Waals surface area contributed by atoms with E-state index in [9.17, 15) is 8.42 Å². The van der Waals surface area contributed by atoms with E-state index in [2.05, 4.69) is 20.8 Å². The first-order valence-corrected chi connectivity index (χ1v) is 8.85. The van der Waals surface area contributed by atoms with Gasteiger partial charge in [-0.2, -0.15) is 4.31 Å². The summed E-state index contributed by atoms with van der Waals surface area (Å²) in [5.74, 6) is 0.383. The molecule has 1 aliphatic rings. The molecule has 0 spiro atoms. The van der Waals surface area contributed by atoms with E-state index in [1.807, 2.05) is 6.07 Å². The van der Waals surface area contributed by atoms with Gasteiger partial charge in [0, 0.05) is 20.2 Å². The van der Waals surface area contributed by atoms with Crippen LogP contribution in [0.3, 0.4) is 0 Å². The van der Waals surface area contributed by atoms with Crippen molar-refractivity contribution in [2.75, 3.05) is 27.3 Å². The zero-order chi connectivity index (χ0) is 16.5. The molecule has 1 heterocycles. The Labute approximate surface area is 133 Å². The lowest BCUT2D eigenvalue weighted by atomic mass is 9.87. The molecule has 1 aromatic rings. The molecule has 5 nitrogen and oxygen atoms in total. The second-order valence-corrected chi connectivity index (χ2v) is 8.53. The Morgan fingerprint density at radius 3 is 2.41 bits per heavy atom. The van der Waals surface area contributed by atoms with Crippen LogP contribution in [0.2, 0.25) is 0 Å². The van der Waals surface area contributed by atoms with Gasteiger partial charge in [-0.1, -0.05) is 26.8 Å². The van der Waals surface area contributed by atoms with Crippen molar-refractivity contribution in [3.8, 4) is 5.75 Å². The van der Waals surface area contributed by atoms with E-state index >= 15 is 0 Å². The standard InChI is InChI=1S/C16H25NO4S/c1-16(2,3)12-6-7-14(21-5)15(10-12)22(18,19)17-9-8-13(11-17)20-4/h6-7,10,13H,8-9,11H2,1-5H3/t13-/m1/s1. The first-order valence-electron chi connectivity index (χ1n) is 7.41. The molecule has 1 atom stereocenters. The molecule has 0 amide bonds. The smallest absolute Gasteiger partial charge is 0.246 e. The molecule has 0 N–H and O–H groups in total. The highest BCUT2D eigenvalue weighted by atomic mass is 32.2. The molecule has 1 saturated heterocycles. The van der Waals surface area contributed by atoms with Gasteiger partial charge in [0.2, 0.25) is 10.0 Å². The van der Waals surface area contributed by atoms with Crippen LogP contribution in [0.1, 0.15) is 32.8 Å². The van der Waals surface area contributed by atoms with Gasteiger partial charge in [-0.15, -0.1) is 0 Å². The predicted molar refractivity (Wildman–Crippen MR) is 85.9 cm³/mol. The highest BCUT2D eigenvalue weighted by Crippen LogP contribution is 2.33. The second-order valence-electron chi connectivity index (χ2n) is 6.63. The molecule has 0 unspecified atom stereocenters. The lowest BCUT2D eigenvalue weighted by Gasteiger charge is -2.23. The zero-order valence-corrected chi connectivity index (χ0v) is 14.7. The summed E-state index contributed by atoms with van der Waals surface area (Å²) in [5, 5.41) is 0. The molecule has 22 heavy (non-hydrogen) atoms. The number of nitrogens with zero attached hydrogens (tertiary/aromatic N) is 1. The minimum Gasteiger partial charge on any atom is -0.495 e. The number of hydrogen-bond donors (Lipinski definition) is 0. The van der Waals surface area contributed by atoms with Crippen LogP contribution < -0.4 is 4.74 Å². The second kappa shape index (κ2) is 6.18. The van der Waals surface area contributed by atoms with Crippen LogP contribution in [-0.4, -0.2) is 46.1 Å². The van der Waals surface area contributed by atoms with Gasteiger partial charge >= 0.3 is 0 Å². The number of hydrogen-bond acceptors (Lipinski definition) is 4. The SMILES string of the molecule is COc1ccc(C(C)(C)C)cc1S(=O)(=O)N1CC[C@@H](OC)C1. The maximum absolute atomic E-state index is 12.9. The Morgan fingerprint density at radius 1 is 1.23 bits per heavy atom. The van der Waals surface area contributed by atoms with Crippen molar-refractivity contribution >= 4 is 10.0 Å². The molecule has 1 aromatic carbocycles. The monoisotopic (exact) mass is 327 g/mol. The molecule has 0 saturated carbocycles. The van der Waals surface area contributed by atoms with E-state index in [0.29, 0.717) is 18.8 Å². The van der Waals surface area contributed by atoms with Gasteiger partial charge in [-0.3, -0.25) is 0 Å². The average Bonchev–Trinajstić information content (AvgIpc) is 2.95. The van der Waals surface area contributed by atoms with Crippen LogP contribution in [0.4, 0.5) is 0 Å². The van der Waals surface area contributed by atoms with E-state index in [1.54, 1.807) is 19.2 Å². The van der Waals surface area contributed by atoms with Crippen LogP contribution in [0, 0.1) is 0 Å². The molecule has 1 aliphatic heterocycles. The number of ether oxygens (including phenoxy) is 2. The Hall–Kier alpha value is -1.11. The molecule has 2 rings (SSSR count). The topological polar surface area (TPSA) is 55.8 Å². The molecular formula is C16H25NO4S. The van der Waals surface area contributed by atoms with E-state index < -0.39 is 10.0 Å². The molecule has 0 aromatic heterocycles. The summed E-state index contributed by atoms with van der Waals surface area (Å²) in [6.07, 6.45) is 0.684. The molecule has 0 bridgehead atoms. The maximum Gasteiger partial charge on any atom is 0.246 e. The Balaban J connectivity index is 2.45. The number of benzene rings is 1. The summed E-state index contributed by atoms with van der Waals surface area (Å²) in [5.41, 5.74) is 0.839. The van der Waals surface area contributed by atoms with Crippen molar-refractivity contribution in [2.24, 2.45) is 0 Å². The molecular weight excluding hydrogens is 302 g/mol. The lowest BCUT2D eigenvalue weighted by molar-refractivity contribution is 0.115. The van der Waals surface area contributed by atoms with Crippen molar-refractivity contribution in [3.63, 3.8) is 0 Å². The van der Waals surface area contributed by atoms with E-state index in [4.69, 9.17) is 9.47 Å². The van der Waals surface area contributed by atoms with Crippen LogP contribution in [0.15, 0.2) is 23.1 Å². The normalized spacial score (nSPS) is 20.3. The van der Waals surface area contributed by atoms with Gasteiger partial charge in [-0.05, 0) is 29.5 Å². The summed E-state index contributed by atoms with van der Waals surface area (Å²) in [6, 6.07) is 5.38. The van der Waals surface area contributed by atoms with E-state index in [1.165, 1.54) is 11.4 Å². The first-order chi connectivity index (χ1) is 10.2.